The zero-order chi connectivity index (χ0) is 18.0. The summed E-state index contributed by atoms with van der Waals surface area (Å²) in [5, 5.41) is 13.0. The smallest absolute Gasteiger partial charge is 0.256 e. The van der Waals surface area contributed by atoms with Gasteiger partial charge in [0.15, 0.2) is 27.3 Å². The average molecular weight is 368 g/mol. The van der Waals surface area contributed by atoms with Gasteiger partial charge in [-0.1, -0.05) is 0 Å². The monoisotopic (exact) mass is 368 g/mol. The number of benzene rings is 1. The largest absolute Gasteiger partial charge is 0.365 e. The molecule has 0 saturated carbocycles. The highest BCUT2D eigenvalue weighted by atomic mass is 32.2. The molecule has 2 N–H and O–H groups in total. The number of amides is 1. The van der Waals surface area contributed by atoms with Gasteiger partial charge in [-0.2, -0.15) is 0 Å². The van der Waals surface area contributed by atoms with Crippen LogP contribution < -0.4 is 10.6 Å². The molecular formula is C15H14F2N4O3S. The van der Waals surface area contributed by atoms with Crippen molar-refractivity contribution in [3.05, 3.63) is 47.5 Å². The summed E-state index contributed by atoms with van der Waals surface area (Å²) < 4.78 is 48.8. The van der Waals surface area contributed by atoms with Crippen molar-refractivity contribution in [1.82, 2.24) is 10.2 Å². The van der Waals surface area contributed by atoms with Crippen LogP contribution in [0.25, 0.3) is 0 Å². The van der Waals surface area contributed by atoms with E-state index in [4.69, 9.17) is 0 Å². The maximum absolute atomic E-state index is 13.1. The summed E-state index contributed by atoms with van der Waals surface area (Å²) in [6.07, 6.45) is 0.499. The van der Waals surface area contributed by atoms with E-state index in [1.54, 1.807) is 6.07 Å². The normalized spacial score (nSPS) is 18.7. The first-order chi connectivity index (χ1) is 11.8. The summed E-state index contributed by atoms with van der Waals surface area (Å²) >= 11 is 0. The molecule has 1 atom stereocenters. The Morgan fingerprint density at radius 2 is 1.80 bits per heavy atom. The van der Waals surface area contributed by atoms with Gasteiger partial charge in [-0.15, -0.1) is 10.2 Å². The summed E-state index contributed by atoms with van der Waals surface area (Å²) in [7, 11) is -3.00. The van der Waals surface area contributed by atoms with Crippen molar-refractivity contribution >= 4 is 27.4 Å². The Bertz CT molecular complexity index is 903. The second kappa shape index (κ2) is 6.71. The molecule has 1 aliphatic rings. The lowest BCUT2D eigenvalue weighted by Crippen LogP contribution is -2.21. The fourth-order valence-electron chi connectivity index (χ4n) is 2.42. The van der Waals surface area contributed by atoms with E-state index in [9.17, 15) is 22.0 Å². The Hall–Kier alpha value is -2.62. The highest BCUT2D eigenvalue weighted by molar-refractivity contribution is 7.91. The van der Waals surface area contributed by atoms with Crippen molar-refractivity contribution in [2.75, 3.05) is 22.1 Å². The van der Waals surface area contributed by atoms with Crippen molar-refractivity contribution in [3.8, 4) is 0 Å². The molecule has 1 amide bonds. The zero-order valence-electron chi connectivity index (χ0n) is 12.9. The molecule has 1 fully saturated rings. The van der Waals surface area contributed by atoms with Gasteiger partial charge >= 0.3 is 0 Å². The Morgan fingerprint density at radius 3 is 2.40 bits per heavy atom. The molecule has 1 aromatic carbocycles. The number of hydrogen-bond donors (Lipinski definition) is 2. The number of rotatable bonds is 4. The standard InChI is InChI=1S/C15H14F2N4O3S/c16-11-2-1-9(7-12(11)17)15(22)19-14-4-3-13(20-21-14)18-10-5-6-25(23,24)8-10/h1-4,7,10H,5-6,8H2,(H,18,20)(H,19,21,22). The van der Waals surface area contributed by atoms with E-state index in [-0.39, 0.29) is 28.9 Å². The van der Waals surface area contributed by atoms with Gasteiger partial charge in [0.1, 0.15) is 5.82 Å². The van der Waals surface area contributed by atoms with E-state index in [0.717, 1.165) is 18.2 Å². The summed E-state index contributed by atoms with van der Waals surface area (Å²) in [5.74, 6) is -2.13. The van der Waals surface area contributed by atoms with E-state index in [2.05, 4.69) is 20.8 Å². The van der Waals surface area contributed by atoms with E-state index >= 15 is 0 Å². The van der Waals surface area contributed by atoms with Gasteiger partial charge in [0.2, 0.25) is 0 Å². The second-order valence-corrected chi connectivity index (χ2v) is 7.86. The van der Waals surface area contributed by atoms with Crippen molar-refractivity contribution in [3.63, 3.8) is 0 Å². The molecule has 0 bridgehead atoms. The van der Waals surface area contributed by atoms with Crippen LogP contribution in [0.5, 0.6) is 0 Å². The van der Waals surface area contributed by atoms with E-state index in [0.29, 0.717) is 12.2 Å². The Kier molecular flexibility index (Phi) is 4.62. The number of carbonyl (C=O) groups excluding carboxylic acids is 1. The number of anilines is 2. The van der Waals surface area contributed by atoms with Gasteiger partial charge in [0.25, 0.3) is 5.91 Å². The highest BCUT2D eigenvalue weighted by Crippen LogP contribution is 2.17. The predicted molar refractivity (Wildman–Crippen MR) is 87.0 cm³/mol. The quantitative estimate of drug-likeness (QED) is 0.850. The highest BCUT2D eigenvalue weighted by Gasteiger charge is 2.27. The molecular weight excluding hydrogens is 354 g/mol. The summed E-state index contributed by atoms with van der Waals surface area (Å²) in [6.45, 7) is 0. The molecule has 3 rings (SSSR count). The lowest BCUT2D eigenvalue weighted by molar-refractivity contribution is 0.102. The summed E-state index contributed by atoms with van der Waals surface area (Å²) in [6, 6.07) is 5.59. The van der Waals surface area contributed by atoms with Crippen LogP contribution in [0, 0.1) is 11.6 Å². The molecule has 0 spiro atoms. The van der Waals surface area contributed by atoms with E-state index in [1.165, 1.54) is 6.07 Å². The van der Waals surface area contributed by atoms with Gasteiger partial charge in [0.05, 0.1) is 11.5 Å². The first-order valence-corrected chi connectivity index (χ1v) is 9.22. The minimum atomic E-state index is -3.00. The zero-order valence-corrected chi connectivity index (χ0v) is 13.7. The average Bonchev–Trinajstić information content (AvgIpc) is 2.90. The third kappa shape index (κ3) is 4.27. The molecule has 7 nitrogen and oxygen atoms in total. The van der Waals surface area contributed by atoms with Crippen LogP contribution >= 0.6 is 0 Å². The first kappa shape index (κ1) is 17.2. The fourth-order valence-corrected chi connectivity index (χ4v) is 4.09. The molecule has 1 saturated heterocycles. The Labute approximate surface area is 142 Å². The van der Waals surface area contributed by atoms with Crippen LogP contribution in [-0.2, 0) is 9.84 Å². The van der Waals surface area contributed by atoms with Crippen LogP contribution in [0.2, 0.25) is 0 Å². The molecule has 0 radical (unpaired) electrons. The minimum absolute atomic E-state index is 0.0449. The number of nitrogens with one attached hydrogen (secondary N) is 2. The van der Waals surface area contributed by atoms with Crippen LogP contribution in [0.15, 0.2) is 30.3 Å². The summed E-state index contributed by atoms with van der Waals surface area (Å²) in [4.78, 5) is 12.0. The molecule has 1 aliphatic heterocycles. The number of aromatic nitrogens is 2. The Balaban J connectivity index is 1.62. The molecule has 2 aromatic rings. The second-order valence-electron chi connectivity index (χ2n) is 5.63. The molecule has 132 valence electrons. The molecule has 1 unspecified atom stereocenters. The maximum Gasteiger partial charge on any atom is 0.256 e. The van der Waals surface area contributed by atoms with Crippen molar-refractivity contribution in [2.45, 2.75) is 12.5 Å². The number of nitrogens with zero attached hydrogens (tertiary/aromatic N) is 2. The van der Waals surface area contributed by atoms with Crippen molar-refractivity contribution in [1.29, 1.82) is 0 Å². The number of halogens is 2. The van der Waals surface area contributed by atoms with Crippen molar-refractivity contribution in [2.24, 2.45) is 0 Å². The third-order valence-corrected chi connectivity index (χ3v) is 5.44. The van der Waals surface area contributed by atoms with E-state index in [1.807, 2.05) is 0 Å². The first-order valence-electron chi connectivity index (χ1n) is 7.39. The number of sulfone groups is 1. The molecule has 0 aliphatic carbocycles. The van der Waals surface area contributed by atoms with Crippen LogP contribution in [0.3, 0.4) is 0 Å². The van der Waals surface area contributed by atoms with Crippen LogP contribution in [-0.4, -0.2) is 42.1 Å². The van der Waals surface area contributed by atoms with E-state index < -0.39 is 27.4 Å². The molecule has 2 heterocycles. The molecule has 25 heavy (non-hydrogen) atoms. The molecule has 10 heteroatoms. The van der Waals surface area contributed by atoms with Crippen LogP contribution in [0.1, 0.15) is 16.8 Å². The van der Waals surface area contributed by atoms with Gasteiger partial charge in [0, 0.05) is 11.6 Å². The maximum atomic E-state index is 13.1. The SMILES string of the molecule is O=C(Nc1ccc(NC2CCS(=O)(=O)C2)nn1)c1ccc(F)c(F)c1. The van der Waals surface area contributed by atoms with Gasteiger partial charge in [-0.05, 0) is 36.8 Å². The van der Waals surface area contributed by atoms with Crippen LogP contribution in [0.4, 0.5) is 20.4 Å². The predicted octanol–water partition coefficient (Wildman–Crippen LogP) is 1.61. The van der Waals surface area contributed by atoms with Gasteiger partial charge < -0.3 is 10.6 Å². The fraction of sp³-hybridized carbons (Fsp3) is 0.267. The van der Waals surface area contributed by atoms with Crippen molar-refractivity contribution < 1.29 is 22.0 Å². The number of carbonyl (C=O) groups is 1. The minimum Gasteiger partial charge on any atom is -0.365 e. The molecule has 1 aromatic heterocycles. The summed E-state index contributed by atoms with van der Waals surface area (Å²) in [5.41, 5.74) is -0.0564. The third-order valence-electron chi connectivity index (χ3n) is 3.67. The van der Waals surface area contributed by atoms with Gasteiger partial charge in [-0.25, -0.2) is 17.2 Å². The number of hydrogen-bond acceptors (Lipinski definition) is 6. The Morgan fingerprint density at radius 1 is 1.08 bits per heavy atom. The topological polar surface area (TPSA) is 101 Å². The lowest BCUT2D eigenvalue weighted by Gasteiger charge is -2.11. The lowest BCUT2D eigenvalue weighted by atomic mass is 10.2. The van der Waals surface area contributed by atoms with Gasteiger partial charge in [-0.3, -0.25) is 4.79 Å².